The van der Waals surface area contributed by atoms with Crippen LogP contribution in [0.5, 0.6) is 0 Å². The van der Waals surface area contributed by atoms with Crippen molar-refractivity contribution in [1.82, 2.24) is 10.2 Å². The molecular weight excluding hydrogens is 316 g/mol. The van der Waals surface area contributed by atoms with Gasteiger partial charge in [0.25, 0.3) is 5.91 Å². The first-order chi connectivity index (χ1) is 12.0. The van der Waals surface area contributed by atoms with E-state index in [0.29, 0.717) is 17.4 Å². The number of carbonyl (C=O) groups is 3. The molecular formula is C20H24N2O3. The van der Waals surface area contributed by atoms with E-state index < -0.39 is 11.6 Å². The van der Waals surface area contributed by atoms with Gasteiger partial charge in [-0.25, -0.2) is 4.79 Å². The predicted octanol–water partition coefficient (Wildman–Crippen LogP) is 3.01. The number of fused-ring (bicyclic) bond motifs is 3. The van der Waals surface area contributed by atoms with Crippen molar-refractivity contribution >= 4 is 17.7 Å². The summed E-state index contributed by atoms with van der Waals surface area (Å²) in [5, 5.41) is 2.93. The zero-order chi connectivity index (χ0) is 17.6. The lowest BCUT2D eigenvalue weighted by atomic mass is 9.59. The lowest BCUT2D eigenvalue weighted by molar-refractivity contribution is -0.134. The molecule has 1 unspecified atom stereocenters. The fraction of sp³-hybridized carbons (Fsp3) is 0.550. The molecule has 2 bridgehead atoms. The van der Waals surface area contributed by atoms with E-state index >= 15 is 0 Å². The van der Waals surface area contributed by atoms with Crippen LogP contribution < -0.4 is 5.32 Å². The van der Waals surface area contributed by atoms with Crippen LogP contribution in [0.2, 0.25) is 0 Å². The number of nitrogens with zero attached hydrogens (tertiary/aromatic N) is 1. The largest absolute Gasteiger partial charge is 0.325 e. The number of benzene rings is 1. The van der Waals surface area contributed by atoms with E-state index in [2.05, 4.69) is 5.32 Å². The summed E-state index contributed by atoms with van der Waals surface area (Å²) in [6.07, 6.45) is 5.80. The van der Waals surface area contributed by atoms with Crippen LogP contribution >= 0.6 is 0 Å². The molecule has 1 heterocycles. The van der Waals surface area contributed by atoms with Gasteiger partial charge in [-0.3, -0.25) is 14.5 Å². The van der Waals surface area contributed by atoms with E-state index in [1.54, 1.807) is 24.3 Å². The highest BCUT2D eigenvalue weighted by molar-refractivity contribution is 6.11. The number of nitrogens with one attached hydrogen (secondary N) is 1. The molecule has 3 amide bonds. The molecule has 5 rings (SSSR count). The fourth-order valence-electron chi connectivity index (χ4n) is 5.05. The lowest BCUT2D eigenvalue weighted by Gasteiger charge is -2.48. The summed E-state index contributed by atoms with van der Waals surface area (Å²) in [5.41, 5.74) is -0.342. The Labute approximate surface area is 147 Å². The average molecular weight is 340 g/mol. The SMILES string of the molecule is CC1([C@H]2CC3CCC2CC3)NC(=O)N(CC(=O)c2ccccc2)C1=O. The number of Topliss-reactive ketones (excluding diaryl/α,β-unsaturated/α-hetero) is 1. The van der Waals surface area contributed by atoms with Gasteiger partial charge in [0, 0.05) is 5.56 Å². The molecule has 1 aromatic rings. The van der Waals surface area contributed by atoms with E-state index in [1.807, 2.05) is 13.0 Å². The second-order valence-electron chi connectivity index (χ2n) is 7.94. The third-order valence-electron chi connectivity index (χ3n) is 6.49. The summed E-state index contributed by atoms with van der Waals surface area (Å²) in [5.74, 6) is 0.923. The number of carbonyl (C=O) groups excluding carboxylic acids is 3. The highest BCUT2D eigenvalue weighted by Crippen LogP contribution is 2.50. The lowest BCUT2D eigenvalue weighted by Crippen LogP contribution is -2.56. The maximum atomic E-state index is 13.1. The second kappa shape index (κ2) is 5.97. The second-order valence-corrected chi connectivity index (χ2v) is 7.94. The molecule has 132 valence electrons. The molecule has 1 aromatic carbocycles. The quantitative estimate of drug-likeness (QED) is 0.677. The van der Waals surface area contributed by atoms with Gasteiger partial charge in [-0.15, -0.1) is 0 Å². The first-order valence-corrected chi connectivity index (χ1v) is 9.21. The smallest absolute Gasteiger partial charge is 0.323 e. The van der Waals surface area contributed by atoms with Gasteiger partial charge in [0.15, 0.2) is 5.78 Å². The molecule has 2 atom stereocenters. The Morgan fingerprint density at radius 1 is 1.16 bits per heavy atom. The Hall–Kier alpha value is -2.17. The standard InChI is InChI=1S/C20H24N2O3/c1-20(16-11-13-7-9-14(16)10-8-13)18(24)22(19(25)21-20)12-17(23)15-5-3-2-4-6-15/h2-6,13-14,16H,7-12H2,1H3,(H,21,25)/t13?,14?,16-,20?/m0/s1. The minimum atomic E-state index is -0.863. The van der Waals surface area contributed by atoms with Gasteiger partial charge in [-0.2, -0.15) is 0 Å². The Kier molecular flexibility index (Phi) is 3.89. The van der Waals surface area contributed by atoms with Gasteiger partial charge < -0.3 is 5.32 Å². The van der Waals surface area contributed by atoms with Crippen molar-refractivity contribution in [2.75, 3.05) is 6.54 Å². The molecule has 25 heavy (non-hydrogen) atoms. The van der Waals surface area contributed by atoms with E-state index in [0.717, 1.165) is 24.2 Å². The summed E-state index contributed by atoms with van der Waals surface area (Å²) in [7, 11) is 0. The Morgan fingerprint density at radius 3 is 2.44 bits per heavy atom. The topological polar surface area (TPSA) is 66.5 Å². The third-order valence-corrected chi connectivity index (χ3v) is 6.49. The highest BCUT2D eigenvalue weighted by Gasteiger charge is 2.56. The zero-order valence-corrected chi connectivity index (χ0v) is 14.5. The van der Waals surface area contributed by atoms with Crippen LogP contribution in [-0.2, 0) is 4.79 Å². The maximum Gasteiger partial charge on any atom is 0.325 e. The van der Waals surface area contributed by atoms with Crippen LogP contribution in [0.1, 0.15) is 49.4 Å². The van der Waals surface area contributed by atoms with Gasteiger partial charge in [0.2, 0.25) is 0 Å². The number of imide groups is 1. The molecule has 1 N–H and O–H groups in total. The molecule has 1 saturated heterocycles. The van der Waals surface area contributed by atoms with Crippen LogP contribution in [0.25, 0.3) is 0 Å². The number of rotatable bonds is 4. The van der Waals surface area contributed by atoms with Gasteiger partial charge in [0.1, 0.15) is 5.54 Å². The summed E-state index contributed by atoms with van der Waals surface area (Å²) in [4.78, 5) is 39.1. The number of hydrogen-bond donors (Lipinski definition) is 1. The molecule has 0 aromatic heterocycles. The minimum absolute atomic E-state index is 0.188. The van der Waals surface area contributed by atoms with Crippen molar-refractivity contribution in [1.29, 1.82) is 0 Å². The van der Waals surface area contributed by atoms with Crippen molar-refractivity contribution in [2.45, 2.75) is 44.6 Å². The van der Waals surface area contributed by atoms with Crippen molar-refractivity contribution in [3.63, 3.8) is 0 Å². The Morgan fingerprint density at radius 2 is 1.84 bits per heavy atom. The van der Waals surface area contributed by atoms with Crippen LogP contribution in [0.3, 0.4) is 0 Å². The van der Waals surface area contributed by atoms with Gasteiger partial charge in [-0.1, -0.05) is 43.2 Å². The maximum absolute atomic E-state index is 13.1. The molecule has 1 aliphatic heterocycles. The van der Waals surface area contributed by atoms with Gasteiger partial charge in [-0.05, 0) is 43.9 Å². The summed E-state index contributed by atoms with van der Waals surface area (Å²) < 4.78 is 0. The summed E-state index contributed by atoms with van der Waals surface area (Å²) >= 11 is 0. The number of ketones is 1. The number of amides is 3. The first kappa shape index (κ1) is 16.3. The fourth-order valence-corrected chi connectivity index (χ4v) is 5.05. The normalized spacial score (nSPS) is 34.3. The van der Waals surface area contributed by atoms with Crippen molar-refractivity contribution in [3.8, 4) is 0 Å². The van der Waals surface area contributed by atoms with Crippen molar-refractivity contribution in [3.05, 3.63) is 35.9 Å². The molecule has 5 nitrogen and oxygen atoms in total. The molecule has 5 heteroatoms. The molecule has 3 saturated carbocycles. The predicted molar refractivity (Wildman–Crippen MR) is 93.0 cm³/mol. The first-order valence-electron chi connectivity index (χ1n) is 9.21. The zero-order valence-electron chi connectivity index (χ0n) is 14.5. The van der Waals surface area contributed by atoms with Gasteiger partial charge in [0.05, 0.1) is 6.54 Å². The van der Waals surface area contributed by atoms with Crippen LogP contribution in [-0.4, -0.2) is 34.7 Å². The van der Waals surface area contributed by atoms with E-state index in [4.69, 9.17) is 0 Å². The average Bonchev–Trinajstić information content (AvgIpc) is 2.87. The molecule has 0 spiro atoms. The Balaban J connectivity index is 1.53. The minimum Gasteiger partial charge on any atom is -0.323 e. The Bertz CT molecular complexity index is 709. The van der Waals surface area contributed by atoms with Crippen LogP contribution in [0, 0.1) is 17.8 Å². The van der Waals surface area contributed by atoms with Crippen LogP contribution in [0.15, 0.2) is 30.3 Å². The molecule has 4 aliphatic rings. The van der Waals surface area contributed by atoms with E-state index in [1.165, 1.54) is 12.8 Å². The van der Waals surface area contributed by atoms with Gasteiger partial charge >= 0.3 is 6.03 Å². The van der Waals surface area contributed by atoms with E-state index in [-0.39, 0.29) is 24.2 Å². The van der Waals surface area contributed by atoms with E-state index in [9.17, 15) is 14.4 Å². The monoisotopic (exact) mass is 340 g/mol. The van der Waals surface area contributed by atoms with Crippen LogP contribution in [0.4, 0.5) is 4.79 Å². The third kappa shape index (κ3) is 2.66. The number of hydrogen-bond acceptors (Lipinski definition) is 3. The molecule has 3 aliphatic carbocycles. The van der Waals surface area contributed by atoms with Crippen molar-refractivity contribution < 1.29 is 14.4 Å². The molecule has 0 radical (unpaired) electrons. The summed E-state index contributed by atoms with van der Waals surface area (Å²) in [6.45, 7) is 1.66. The van der Waals surface area contributed by atoms with Crippen molar-refractivity contribution in [2.24, 2.45) is 17.8 Å². The number of urea groups is 1. The highest BCUT2D eigenvalue weighted by atomic mass is 16.2. The molecule has 4 fully saturated rings. The summed E-state index contributed by atoms with van der Waals surface area (Å²) in [6, 6.07) is 8.38.